The summed E-state index contributed by atoms with van der Waals surface area (Å²) in [5, 5.41) is 20.5. The monoisotopic (exact) mass is 399 g/mol. The minimum Gasteiger partial charge on any atom is -0.493 e. The van der Waals surface area contributed by atoms with E-state index < -0.39 is 23.2 Å². The number of hydrogen-bond acceptors (Lipinski definition) is 5. The Morgan fingerprint density at radius 3 is 2.57 bits per heavy atom. The van der Waals surface area contributed by atoms with Gasteiger partial charge in [0.05, 0.1) is 18.3 Å². The van der Waals surface area contributed by atoms with Crippen molar-refractivity contribution in [2.24, 2.45) is 4.99 Å². The van der Waals surface area contributed by atoms with Gasteiger partial charge < -0.3 is 10.2 Å². The Kier molecular flexibility index (Phi) is 6.08. The molecule has 0 spiro atoms. The van der Waals surface area contributed by atoms with Gasteiger partial charge >= 0.3 is 5.69 Å². The average Bonchev–Trinajstić information content (AvgIpc) is 2.67. The van der Waals surface area contributed by atoms with Crippen LogP contribution in [0.4, 0.5) is 0 Å². The van der Waals surface area contributed by atoms with Gasteiger partial charge in [0.1, 0.15) is 5.56 Å². The largest absolute Gasteiger partial charge is 0.493 e. The van der Waals surface area contributed by atoms with E-state index in [2.05, 4.69) is 9.98 Å². The van der Waals surface area contributed by atoms with Crippen LogP contribution in [0.5, 0.6) is 5.88 Å². The summed E-state index contributed by atoms with van der Waals surface area (Å²) in [5.41, 5.74) is -0.499. The molecule has 1 atom stereocenters. The number of nitrogens with zero attached hydrogens (tertiary/aromatic N) is 2. The molecule has 7 nitrogen and oxygen atoms in total. The number of aliphatic hydroxyl groups is 1. The lowest BCUT2D eigenvalue weighted by atomic mass is 10.1. The van der Waals surface area contributed by atoms with Crippen LogP contribution in [0.1, 0.15) is 11.1 Å². The molecular weight excluding hydrogens is 382 g/mol. The highest BCUT2D eigenvalue weighted by Crippen LogP contribution is 2.19. The van der Waals surface area contributed by atoms with E-state index in [9.17, 15) is 19.8 Å². The van der Waals surface area contributed by atoms with E-state index >= 15 is 0 Å². The van der Waals surface area contributed by atoms with Crippen LogP contribution in [-0.4, -0.2) is 38.6 Å². The number of aliphatic imine (C=N–C) groups is 1. The highest BCUT2D eigenvalue weighted by Gasteiger charge is 2.15. The molecule has 3 aromatic rings. The maximum Gasteiger partial charge on any atom is 0.335 e. The van der Waals surface area contributed by atoms with Crippen molar-refractivity contribution in [3.05, 3.63) is 91.6 Å². The quantitative estimate of drug-likeness (QED) is 0.550. The molecule has 0 aliphatic carbocycles. The number of aliphatic hydroxyl groups excluding tert-OH is 1. The predicted molar refractivity (Wildman–Crippen MR) is 108 cm³/mol. The number of aromatic amines is 1. The van der Waals surface area contributed by atoms with Gasteiger partial charge in [-0.25, -0.2) is 9.36 Å². The van der Waals surface area contributed by atoms with Crippen molar-refractivity contribution in [1.29, 1.82) is 0 Å². The first-order valence-corrected chi connectivity index (χ1v) is 8.89. The van der Waals surface area contributed by atoms with E-state index in [-0.39, 0.29) is 12.2 Å². The van der Waals surface area contributed by atoms with Crippen LogP contribution in [0.3, 0.4) is 0 Å². The van der Waals surface area contributed by atoms with Gasteiger partial charge in [0, 0.05) is 11.2 Å². The van der Waals surface area contributed by atoms with Gasteiger partial charge in [0.15, 0.2) is 0 Å². The molecule has 1 heterocycles. The zero-order valence-electron chi connectivity index (χ0n) is 14.7. The molecule has 0 radical (unpaired) electrons. The van der Waals surface area contributed by atoms with Crippen molar-refractivity contribution in [3.63, 3.8) is 0 Å². The van der Waals surface area contributed by atoms with Gasteiger partial charge in [-0.2, -0.15) is 0 Å². The van der Waals surface area contributed by atoms with Crippen LogP contribution in [-0.2, 0) is 6.42 Å². The molecule has 1 aromatic heterocycles. The average molecular weight is 400 g/mol. The van der Waals surface area contributed by atoms with Crippen molar-refractivity contribution in [1.82, 2.24) is 9.55 Å². The minimum absolute atomic E-state index is 0.189. The van der Waals surface area contributed by atoms with Crippen molar-refractivity contribution in [2.45, 2.75) is 12.5 Å². The SMILES string of the molecule is O=c1[nH]c(=O)n(-c2cccc(Cl)c2)c(O)c1C=N[C@@H](CO)Cc1ccccc1. The lowest BCUT2D eigenvalue weighted by molar-refractivity contribution is 0.266. The smallest absolute Gasteiger partial charge is 0.335 e. The van der Waals surface area contributed by atoms with Gasteiger partial charge in [0.25, 0.3) is 5.56 Å². The molecular formula is C20H18ClN3O4. The summed E-state index contributed by atoms with van der Waals surface area (Å²) >= 11 is 5.95. The number of nitrogens with one attached hydrogen (secondary N) is 1. The highest BCUT2D eigenvalue weighted by molar-refractivity contribution is 6.30. The summed E-state index contributed by atoms with van der Waals surface area (Å²) in [5.74, 6) is -0.559. The normalized spacial score (nSPS) is 12.4. The van der Waals surface area contributed by atoms with E-state index in [1.807, 2.05) is 30.3 Å². The maximum atomic E-state index is 12.2. The standard InChI is InChI=1S/C20H18ClN3O4/c21-14-7-4-8-16(10-14)24-19(27)17(18(26)23-20(24)28)11-22-15(12-25)9-13-5-2-1-3-6-13/h1-8,10-11,15,25,27H,9,12H2,(H,23,26,28)/t15-/m1/s1. The molecule has 0 saturated carbocycles. The lowest BCUT2D eigenvalue weighted by Crippen LogP contribution is -2.31. The van der Waals surface area contributed by atoms with Gasteiger partial charge in [0.2, 0.25) is 5.88 Å². The molecule has 2 aromatic carbocycles. The summed E-state index contributed by atoms with van der Waals surface area (Å²) in [6.45, 7) is -0.238. The number of H-pyrrole nitrogens is 1. The number of benzene rings is 2. The first kappa shape index (κ1) is 19.6. The molecule has 0 bridgehead atoms. The summed E-state index contributed by atoms with van der Waals surface area (Å²) in [4.78, 5) is 30.7. The van der Waals surface area contributed by atoms with Crippen LogP contribution in [0, 0.1) is 0 Å². The van der Waals surface area contributed by atoms with E-state index in [1.54, 1.807) is 18.2 Å². The molecule has 3 N–H and O–H groups in total. The minimum atomic E-state index is -0.801. The molecule has 28 heavy (non-hydrogen) atoms. The van der Waals surface area contributed by atoms with Gasteiger partial charge in [-0.3, -0.25) is 14.8 Å². The number of aromatic nitrogens is 2. The third-order valence-electron chi connectivity index (χ3n) is 4.13. The first-order chi connectivity index (χ1) is 13.5. The van der Waals surface area contributed by atoms with Crippen molar-refractivity contribution in [3.8, 4) is 11.6 Å². The van der Waals surface area contributed by atoms with Crippen LogP contribution in [0.2, 0.25) is 5.02 Å². The van der Waals surface area contributed by atoms with E-state index in [1.165, 1.54) is 12.3 Å². The van der Waals surface area contributed by atoms with E-state index in [4.69, 9.17) is 11.6 Å². The topological polar surface area (TPSA) is 108 Å². The zero-order chi connectivity index (χ0) is 20.1. The third-order valence-corrected chi connectivity index (χ3v) is 4.36. The van der Waals surface area contributed by atoms with Crippen LogP contribution < -0.4 is 11.2 Å². The predicted octanol–water partition coefficient (Wildman–Crippen LogP) is 1.91. The number of hydrogen-bond donors (Lipinski definition) is 3. The Balaban J connectivity index is 1.97. The van der Waals surface area contributed by atoms with Crippen molar-refractivity contribution >= 4 is 17.8 Å². The Hall–Kier alpha value is -3.16. The number of halogens is 1. The van der Waals surface area contributed by atoms with Gasteiger partial charge in [-0.15, -0.1) is 0 Å². The molecule has 0 amide bonds. The molecule has 0 aliphatic heterocycles. The number of rotatable bonds is 6. The molecule has 8 heteroatoms. The molecule has 3 rings (SSSR count). The maximum absolute atomic E-state index is 12.2. The second-order valence-electron chi connectivity index (χ2n) is 6.12. The first-order valence-electron chi connectivity index (χ1n) is 8.52. The fourth-order valence-electron chi connectivity index (χ4n) is 2.74. The van der Waals surface area contributed by atoms with Gasteiger partial charge in [-0.1, -0.05) is 48.0 Å². The molecule has 0 unspecified atom stereocenters. The lowest BCUT2D eigenvalue weighted by Gasteiger charge is -2.11. The molecule has 0 saturated heterocycles. The summed E-state index contributed by atoms with van der Waals surface area (Å²) < 4.78 is 0.930. The van der Waals surface area contributed by atoms with E-state index in [0.717, 1.165) is 10.1 Å². The fraction of sp³-hybridized carbons (Fsp3) is 0.150. The highest BCUT2D eigenvalue weighted by atomic mass is 35.5. The van der Waals surface area contributed by atoms with Crippen LogP contribution >= 0.6 is 11.6 Å². The van der Waals surface area contributed by atoms with Crippen LogP contribution in [0.25, 0.3) is 5.69 Å². The third kappa shape index (κ3) is 4.39. The second-order valence-corrected chi connectivity index (χ2v) is 6.55. The Labute approximate surface area is 165 Å². The molecule has 0 fully saturated rings. The van der Waals surface area contributed by atoms with Gasteiger partial charge in [-0.05, 0) is 30.2 Å². The second kappa shape index (κ2) is 8.69. The fourth-order valence-corrected chi connectivity index (χ4v) is 2.92. The summed E-state index contributed by atoms with van der Waals surface area (Å²) in [6, 6.07) is 15.2. The van der Waals surface area contributed by atoms with Crippen molar-refractivity contribution < 1.29 is 10.2 Å². The Morgan fingerprint density at radius 2 is 1.89 bits per heavy atom. The zero-order valence-corrected chi connectivity index (χ0v) is 15.5. The van der Waals surface area contributed by atoms with Crippen LogP contribution in [0.15, 0.2) is 69.2 Å². The van der Waals surface area contributed by atoms with E-state index in [0.29, 0.717) is 17.1 Å². The Bertz CT molecular complexity index is 1110. The molecule has 144 valence electrons. The number of aromatic hydroxyl groups is 1. The summed E-state index contributed by atoms with van der Waals surface area (Å²) in [6.07, 6.45) is 1.62. The Morgan fingerprint density at radius 1 is 1.14 bits per heavy atom. The summed E-state index contributed by atoms with van der Waals surface area (Å²) in [7, 11) is 0. The molecule has 0 aliphatic rings. The van der Waals surface area contributed by atoms with Crippen molar-refractivity contribution in [2.75, 3.05) is 6.61 Å².